The van der Waals surface area contributed by atoms with Crippen molar-refractivity contribution >= 4 is 21.2 Å². The maximum Gasteiger partial charge on any atom is 0.175 e. The molecule has 0 aliphatic heterocycles. The van der Waals surface area contributed by atoms with E-state index in [1.54, 1.807) is 29.5 Å². The van der Waals surface area contributed by atoms with Gasteiger partial charge in [-0.05, 0) is 29.1 Å². The van der Waals surface area contributed by atoms with E-state index >= 15 is 0 Å². The van der Waals surface area contributed by atoms with E-state index in [9.17, 15) is 8.42 Å². The van der Waals surface area contributed by atoms with Crippen LogP contribution in [0.25, 0.3) is 10.4 Å². The van der Waals surface area contributed by atoms with E-state index in [0.717, 1.165) is 10.4 Å². The third-order valence-electron chi connectivity index (χ3n) is 2.07. The minimum absolute atomic E-state index is 0.369. The van der Waals surface area contributed by atoms with E-state index < -0.39 is 9.84 Å². The Labute approximate surface area is 93.1 Å². The van der Waals surface area contributed by atoms with Crippen LogP contribution in [-0.2, 0) is 9.84 Å². The van der Waals surface area contributed by atoms with Gasteiger partial charge in [0, 0.05) is 11.1 Å². The molecule has 1 heterocycles. The highest BCUT2D eigenvalue weighted by atomic mass is 32.2. The van der Waals surface area contributed by atoms with Gasteiger partial charge in [0.25, 0.3) is 0 Å². The Bertz CT molecular complexity index is 554. The van der Waals surface area contributed by atoms with Crippen molar-refractivity contribution in [2.75, 3.05) is 6.26 Å². The van der Waals surface area contributed by atoms with Crippen LogP contribution in [0.1, 0.15) is 0 Å². The minimum Gasteiger partial charge on any atom is -0.224 e. The molecule has 0 amide bonds. The second-order valence-electron chi connectivity index (χ2n) is 3.28. The van der Waals surface area contributed by atoms with Crippen molar-refractivity contribution in [3.05, 3.63) is 41.8 Å². The first-order valence-corrected chi connectivity index (χ1v) is 7.18. The Kier molecular flexibility index (Phi) is 2.63. The summed E-state index contributed by atoms with van der Waals surface area (Å²) in [6.45, 7) is 0. The predicted octanol–water partition coefficient (Wildman–Crippen LogP) is 2.82. The van der Waals surface area contributed by atoms with Crippen LogP contribution in [0.4, 0.5) is 0 Å². The maximum absolute atomic E-state index is 11.4. The van der Waals surface area contributed by atoms with E-state index in [0.29, 0.717) is 4.90 Å². The van der Waals surface area contributed by atoms with Crippen molar-refractivity contribution in [2.45, 2.75) is 4.90 Å². The predicted molar refractivity (Wildman–Crippen MR) is 62.9 cm³/mol. The number of hydrogen-bond donors (Lipinski definition) is 0. The zero-order chi connectivity index (χ0) is 10.9. The minimum atomic E-state index is -3.11. The number of rotatable bonds is 2. The lowest BCUT2D eigenvalue weighted by Gasteiger charge is -2.01. The summed E-state index contributed by atoms with van der Waals surface area (Å²) >= 11 is 1.60. The molecule has 0 saturated heterocycles. The molecule has 0 aliphatic carbocycles. The zero-order valence-corrected chi connectivity index (χ0v) is 9.81. The largest absolute Gasteiger partial charge is 0.224 e. The molecule has 15 heavy (non-hydrogen) atoms. The normalized spacial score (nSPS) is 11.5. The molecular weight excluding hydrogens is 228 g/mol. The Morgan fingerprint density at radius 3 is 2.53 bits per heavy atom. The van der Waals surface area contributed by atoms with Gasteiger partial charge in [-0.1, -0.05) is 18.2 Å². The summed E-state index contributed by atoms with van der Waals surface area (Å²) in [5.74, 6) is 0. The molecule has 0 N–H and O–H groups in total. The van der Waals surface area contributed by atoms with Gasteiger partial charge in [-0.2, -0.15) is 0 Å². The molecule has 0 bridgehead atoms. The molecule has 1 aromatic carbocycles. The third kappa shape index (κ3) is 2.27. The van der Waals surface area contributed by atoms with Crippen molar-refractivity contribution in [1.82, 2.24) is 0 Å². The summed E-state index contributed by atoms with van der Waals surface area (Å²) in [7, 11) is -3.11. The van der Waals surface area contributed by atoms with Gasteiger partial charge in [0.1, 0.15) is 0 Å². The van der Waals surface area contributed by atoms with Gasteiger partial charge in [-0.3, -0.25) is 0 Å². The SMILES string of the molecule is CS(=O)(=O)c1cccc(-c2cccs2)c1. The van der Waals surface area contributed by atoms with E-state index in [1.807, 2.05) is 23.6 Å². The zero-order valence-electron chi connectivity index (χ0n) is 8.17. The van der Waals surface area contributed by atoms with Gasteiger partial charge in [0.05, 0.1) is 4.90 Å². The quantitative estimate of drug-likeness (QED) is 0.806. The summed E-state index contributed by atoms with van der Waals surface area (Å²) in [5, 5.41) is 1.97. The second kappa shape index (κ2) is 3.79. The van der Waals surface area contributed by atoms with Crippen LogP contribution in [0, 0.1) is 0 Å². The number of sulfone groups is 1. The summed E-state index contributed by atoms with van der Waals surface area (Å²) in [6.07, 6.45) is 1.22. The molecule has 0 fully saturated rings. The van der Waals surface area contributed by atoms with Crippen LogP contribution in [-0.4, -0.2) is 14.7 Å². The fourth-order valence-corrected chi connectivity index (χ4v) is 2.71. The summed E-state index contributed by atoms with van der Waals surface area (Å²) in [5.41, 5.74) is 0.952. The molecule has 78 valence electrons. The molecular formula is C11H10O2S2. The first kappa shape index (κ1) is 10.4. The lowest BCUT2D eigenvalue weighted by Crippen LogP contribution is -1.96. The first-order valence-electron chi connectivity index (χ1n) is 4.41. The van der Waals surface area contributed by atoms with Crippen LogP contribution in [0.3, 0.4) is 0 Å². The molecule has 0 aliphatic rings. The molecule has 1 aromatic heterocycles. The lowest BCUT2D eigenvalue weighted by atomic mass is 10.2. The molecule has 2 rings (SSSR count). The number of hydrogen-bond acceptors (Lipinski definition) is 3. The Hall–Kier alpha value is -1.13. The molecule has 2 nitrogen and oxygen atoms in total. The monoisotopic (exact) mass is 238 g/mol. The Morgan fingerprint density at radius 1 is 1.13 bits per heavy atom. The van der Waals surface area contributed by atoms with Gasteiger partial charge >= 0.3 is 0 Å². The lowest BCUT2D eigenvalue weighted by molar-refractivity contribution is 0.602. The Morgan fingerprint density at radius 2 is 1.93 bits per heavy atom. The maximum atomic E-state index is 11.4. The van der Waals surface area contributed by atoms with Gasteiger partial charge in [-0.15, -0.1) is 11.3 Å². The van der Waals surface area contributed by atoms with Gasteiger partial charge in [0.2, 0.25) is 0 Å². The summed E-state index contributed by atoms with van der Waals surface area (Å²) in [4.78, 5) is 1.45. The third-order valence-corrected chi connectivity index (χ3v) is 4.10. The van der Waals surface area contributed by atoms with Crippen LogP contribution in [0.15, 0.2) is 46.7 Å². The first-order chi connectivity index (χ1) is 7.07. The smallest absolute Gasteiger partial charge is 0.175 e. The van der Waals surface area contributed by atoms with E-state index in [1.165, 1.54) is 6.26 Å². The van der Waals surface area contributed by atoms with Crippen molar-refractivity contribution < 1.29 is 8.42 Å². The van der Waals surface area contributed by atoms with Crippen LogP contribution in [0.5, 0.6) is 0 Å². The highest BCUT2D eigenvalue weighted by molar-refractivity contribution is 7.90. The number of benzene rings is 1. The van der Waals surface area contributed by atoms with Gasteiger partial charge in [-0.25, -0.2) is 8.42 Å². The molecule has 2 aromatic rings. The molecule has 0 unspecified atom stereocenters. The molecule has 4 heteroatoms. The van der Waals surface area contributed by atoms with E-state index in [2.05, 4.69) is 0 Å². The second-order valence-corrected chi connectivity index (χ2v) is 6.24. The van der Waals surface area contributed by atoms with Crippen molar-refractivity contribution in [3.63, 3.8) is 0 Å². The average molecular weight is 238 g/mol. The van der Waals surface area contributed by atoms with Crippen molar-refractivity contribution in [2.24, 2.45) is 0 Å². The summed E-state index contributed by atoms with van der Waals surface area (Å²) < 4.78 is 22.7. The summed E-state index contributed by atoms with van der Waals surface area (Å²) in [6, 6.07) is 10.9. The van der Waals surface area contributed by atoms with E-state index in [4.69, 9.17) is 0 Å². The van der Waals surface area contributed by atoms with Crippen LogP contribution < -0.4 is 0 Å². The molecule has 0 atom stereocenters. The fourth-order valence-electron chi connectivity index (χ4n) is 1.32. The van der Waals surface area contributed by atoms with E-state index in [-0.39, 0.29) is 0 Å². The van der Waals surface area contributed by atoms with Crippen molar-refractivity contribution in [3.8, 4) is 10.4 Å². The van der Waals surface area contributed by atoms with Crippen LogP contribution in [0.2, 0.25) is 0 Å². The van der Waals surface area contributed by atoms with Gasteiger partial charge in [0.15, 0.2) is 9.84 Å². The highest BCUT2D eigenvalue weighted by Crippen LogP contribution is 2.26. The highest BCUT2D eigenvalue weighted by Gasteiger charge is 2.08. The van der Waals surface area contributed by atoms with Crippen LogP contribution >= 0.6 is 11.3 Å². The van der Waals surface area contributed by atoms with Crippen molar-refractivity contribution in [1.29, 1.82) is 0 Å². The standard InChI is InChI=1S/C11H10O2S2/c1-15(12,13)10-5-2-4-9(8-10)11-6-3-7-14-11/h2-8H,1H3. The van der Waals surface area contributed by atoms with Gasteiger partial charge < -0.3 is 0 Å². The molecule has 0 radical (unpaired) electrons. The average Bonchev–Trinajstić information content (AvgIpc) is 2.69. The molecule has 0 saturated carbocycles. The number of thiophene rings is 1. The fraction of sp³-hybridized carbons (Fsp3) is 0.0909. The Balaban J connectivity index is 2.53. The molecule has 0 spiro atoms. The topological polar surface area (TPSA) is 34.1 Å².